The van der Waals surface area contributed by atoms with Gasteiger partial charge in [0.2, 0.25) is 10.0 Å². The van der Waals surface area contributed by atoms with Gasteiger partial charge in [-0.15, -0.1) is 0 Å². The van der Waals surface area contributed by atoms with Crippen LogP contribution in [-0.2, 0) is 14.8 Å². The number of carbonyl (C=O) groups is 1. The maximum Gasteiger partial charge on any atom is 0.283 e. The number of hydrogen-bond acceptors (Lipinski definition) is 7. The Hall–Kier alpha value is -2.98. The van der Waals surface area contributed by atoms with Crippen LogP contribution in [0, 0.1) is 0 Å². The average molecular weight is 458 g/mol. The number of nitrogens with one attached hydrogen (secondary N) is 1. The minimum absolute atomic E-state index is 0.0134. The second kappa shape index (κ2) is 8.87. The molecule has 32 heavy (non-hydrogen) atoms. The molecule has 1 aliphatic rings. The summed E-state index contributed by atoms with van der Waals surface area (Å²) in [7, 11) is -0.187. The van der Waals surface area contributed by atoms with E-state index in [0.717, 1.165) is 48.0 Å². The highest BCUT2D eigenvalue weighted by atomic mass is 32.2. The molecule has 0 bridgehead atoms. The zero-order chi connectivity index (χ0) is 22.9. The number of anilines is 1. The Morgan fingerprint density at radius 3 is 2.59 bits per heavy atom. The number of ether oxygens (including phenoxy) is 1. The summed E-state index contributed by atoms with van der Waals surface area (Å²) in [6.07, 6.45) is 4.20. The molecule has 170 valence electrons. The number of carbonyl (C=O) groups excluding carboxylic acids is 1. The molecule has 0 radical (unpaired) electrons. The SMILES string of the molecule is COCCN(C)c1cc(C(=O)NS(C)(=O)=O)nc2c1c(C1CCC1)nn2-c1ccccc1. The van der Waals surface area contributed by atoms with Gasteiger partial charge < -0.3 is 9.64 Å². The summed E-state index contributed by atoms with van der Waals surface area (Å²) >= 11 is 0. The van der Waals surface area contributed by atoms with E-state index < -0.39 is 15.9 Å². The topological polar surface area (TPSA) is 106 Å². The fourth-order valence-electron chi connectivity index (χ4n) is 3.83. The van der Waals surface area contributed by atoms with E-state index in [2.05, 4.69) is 4.98 Å². The number of methoxy groups -OCH3 is 1. The zero-order valence-electron chi connectivity index (χ0n) is 18.4. The molecular formula is C22H27N5O4S. The molecule has 1 aromatic carbocycles. The van der Waals surface area contributed by atoms with Gasteiger partial charge in [-0.05, 0) is 31.0 Å². The molecule has 10 heteroatoms. The molecule has 0 atom stereocenters. The van der Waals surface area contributed by atoms with Gasteiger partial charge in [-0.3, -0.25) is 4.79 Å². The molecule has 1 fully saturated rings. The standard InChI is InChI=1S/C22H27N5O4S/c1-26(12-13-31-2)18-14-17(22(28)25-32(3,29)30)23-21-19(18)20(15-8-7-9-15)24-27(21)16-10-5-4-6-11-16/h4-6,10-11,14-15H,7-9,12-13H2,1-3H3,(H,25,28). The monoisotopic (exact) mass is 457 g/mol. The van der Waals surface area contributed by atoms with E-state index in [0.29, 0.717) is 24.7 Å². The number of benzene rings is 1. The normalized spacial score (nSPS) is 14.3. The van der Waals surface area contributed by atoms with Crippen LogP contribution in [0.3, 0.4) is 0 Å². The van der Waals surface area contributed by atoms with Crippen molar-refractivity contribution in [2.24, 2.45) is 0 Å². The summed E-state index contributed by atoms with van der Waals surface area (Å²) in [5.41, 5.74) is 3.09. The van der Waals surface area contributed by atoms with Gasteiger partial charge in [0.05, 0.1) is 35.3 Å². The predicted molar refractivity (Wildman–Crippen MR) is 123 cm³/mol. The molecule has 1 N–H and O–H groups in total. The minimum atomic E-state index is -3.73. The molecule has 9 nitrogen and oxygen atoms in total. The second-order valence-corrected chi connectivity index (χ2v) is 9.85. The van der Waals surface area contributed by atoms with Gasteiger partial charge in [0, 0.05) is 26.6 Å². The van der Waals surface area contributed by atoms with Gasteiger partial charge in [-0.25, -0.2) is 22.8 Å². The molecular weight excluding hydrogens is 430 g/mol. The number of amides is 1. The van der Waals surface area contributed by atoms with Crippen molar-refractivity contribution in [3.05, 3.63) is 47.8 Å². The Labute approximate surface area is 187 Å². The van der Waals surface area contributed by atoms with Crippen LogP contribution in [0.2, 0.25) is 0 Å². The largest absolute Gasteiger partial charge is 0.383 e. The third-order valence-electron chi connectivity index (χ3n) is 5.69. The van der Waals surface area contributed by atoms with Gasteiger partial charge in [0.25, 0.3) is 5.91 Å². The van der Waals surface area contributed by atoms with Crippen molar-refractivity contribution in [3.8, 4) is 5.69 Å². The van der Waals surface area contributed by atoms with Crippen molar-refractivity contribution in [1.82, 2.24) is 19.5 Å². The summed E-state index contributed by atoms with van der Waals surface area (Å²) in [4.78, 5) is 19.3. The van der Waals surface area contributed by atoms with Crippen molar-refractivity contribution in [2.45, 2.75) is 25.2 Å². The maximum absolute atomic E-state index is 12.7. The highest BCUT2D eigenvalue weighted by Gasteiger charge is 2.30. The van der Waals surface area contributed by atoms with Gasteiger partial charge >= 0.3 is 0 Å². The lowest BCUT2D eigenvalue weighted by Gasteiger charge is -2.26. The van der Waals surface area contributed by atoms with E-state index in [1.165, 1.54) is 0 Å². The minimum Gasteiger partial charge on any atom is -0.383 e. The Balaban J connectivity index is 1.96. The Morgan fingerprint density at radius 2 is 2.00 bits per heavy atom. The van der Waals surface area contributed by atoms with Crippen LogP contribution < -0.4 is 9.62 Å². The number of aromatic nitrogens is 3. The van der Waals surface area contributed by atoms with Crippen molar-refractivity contribution in [3.63, 3.8) is 0 Å². The van der Waals surface area contributed by atoms with Crippen LogP contribution >= 0.6 is 0 Å². The number of hydrogen-bond donors (Lipinski definition) is 1. The van der Waals surface area contributed by atoms with E-state index in [1.807, 2.05) is 47.0 Å². The van der Waals surface area contributed by atoms with Crippen molar-refractivity contribution in [1.29, 1.82) is 0 Å². The number of pyridine rings is 1. The highest BCUT2D eigenvalue weighted by Crippen LogP contribution is 2.42. The number of sulfonamides is 1. The van der Waals surface area contributed by atoms with Crippen LogP contribution in [0.25, 0.3) is 16.7 Å². The lowest BCUT2D eigenvalue weighted by molar-refractivity contribution is 0.0977. The molecule has 4 rings (SSSR count). The van der Waals surface area contributed by atoms with Crippen LogP contribution in [0.5, 0.6) is 0 Å². The summed E-state index contributed by atoms with van der Waals surface area (Å²) in [5, 5.41) is 5.81. The lowest BCUT2D eigenvalue weighted by atomic mass is 9.82. The average Bonchev–Trinajstić information content (AvgIpc) is 3.08. The smallest absolute Gasteiger partial charge is 0.283 e. The highest BCUT2D eigenvalue weighted by molar-refractivity contribution is 7.89. The number of rotatable bonds is 8. The molecule has 3 aromatic rings. The van der Waals surface area contributed by atoms with Gasteiger partial charge in [-0.2, -0.15) is 5.10 Å². The number of fused-ring (bicyclic) bond motifs is 1. The Bertz CT molecular complexity index is 1240. The predicted octanol–water partition coefficient (Wildman–Crippen LogP) is 2.46. The molecule has 1 saturated carbocycles. The van der Waals surface area contributed by atoms with Gasteiger partial charge in [0.1, 0.15) is 5.69 Å². The van der Waals surface area contributed by atoms with E-state index >= 15 is 0 Å². The number of likely N-dealkylation sites (N-methyl/N-ethyl adjacent to an activating group) is 1. The van der Waals surface area contributed by atoms with E-state index in [9.17, 15) is 13.2 Å². The van der Waals surface area contributed by atoms with E-state index in [4.69, 9.17) is 9.84 Å². The van der Waals surface area contributed by atoms with Gasteiger partial charge in [0.15, 0.2) is 5.65 Å². The first-order valence-electron chi connectivity index (χ1n) is 10.5. The Morgan fingerprint density at radius 1 is 1.28 bits per heavy atom. The van der Waals surface area contributed by atoms with Crippen molar-refractivity contribution in [2.75, 3.05) is 38.5 Å². The lowest BCUT2D eigenvalue weighted by Crippen LogP contribution is -2.30. The van der Waals surface area contributed by atoms with E-state index in [-0.39, 0.29) is 5.69 Å². The third kappa shape index (κ3) is 4.46. The number of nitrogens with zero attached hydrogens (tertiary/aromatic N) is 4. The number of para-hydroxylation sites is 1. The summed E-state index contributed by atoms with van der Waals surface area (Å²) in [6.45, 7) is 1.08. The molecule has 2 aromatic heterocycles. The maximum atomic E-state index is 12.7. The molecule has 2 heterocycles. The molecule has 0 saturated heterocycles. The van der Waals surface area contributed by atoms with Crippen LogP contribution in [0.15, 0.2) is 36.4 Å². The second-order valence-electron chi connectivity index (χ2n) is 8.10. The molecule has 0 aliphatic heterocycles. The molecule has 1 aliphatic carbocycles. The zero-order valence-corrected chi connectivity index (χ0v) is 19.2. The van der Waals surface area contributed by atoms with Crippen molar-refractivity contribution < 1.29 is 17.9 Å². The fourth-order valence-corrected chi connectivity index (χ4v) is 4.27. The first-order valence-corrected chi connectivity index (χ1v) is 12.4. The van der Waals surface area contributed by atoms with Crippen LogP contribution in [0.1, 0.15) is 41.4 Å². The fraction of sp³-hybridized carbons (Fsp3) is 0.409. The quantitative estimate of drug-likeness (QED) is 0.554. The summed E-state index contributed by atoms with van der Waals surface area (Å²) in [6, 6.07) is 11.2. The summed E-state index contributed by atoms with van der Waals surface area (Å²) in [5.74, 6) is -0.448. The first kappa shape index (κ1) is 22.2. The molecule has 1 amide bonds. The van der Waals surface area contributed by atoms with Crippen LogP contribution in [0.4, 0.5) is 5.69 Å². The molecule has 0 spiro atoms. The summed E-state index contributed by atoms with van der Waals surface area (Å²) < 4.78 is 32.3. The molecule has 0 unspecified atom stereocenters. The third-order valence-corrected chi connectivity index (χ3v) is 6.25. The van der Waals surface area contributed by atoms with Gasteiger partial charge in [-0.1, -0.05) is 24.6 Å². The first-order chi connectivity index (χ1) is 15.3. The van der Waals surface area contributed by atoms with E-state index in [1.54, 1.807) is 17.9 Å². The van der Waals surface area contributed by atoms with Crippen molar-refractivity contribution >= 4 is 32.7 Å². The van der Waals surface area contributed by atoms with Crippen LogP contribution in [-0.4, -0.2) is 62.7 Å². The Kier molecular flexibility index (Phi) is 6.16.